The van der Waals surface area contributed by atoms with E-state index < -0.39 is 0 Å². The molecular formula is C12H15N5O2S. The van der Waals surface area contributed by atoms with E-state index in [0.717, 1.165) is 5.82 Å². The lowest BCUT2D eigenvalue weighted by Crippen LogP contribution is -2.22. The molecule has 20 heavy (non-hydrogen) atoms. The van der Waals surface area contributed by atoms with Crippen molar-refractivity contribution in [2.45, 2.75) is 43.0 Å². The highest BCUT2D eigenvalue weighted by atomic mass is 32.2. The van der Waals surface area contributed by atoms with Crippen LogP contribution < -0.4 is 5.32 Å². The third-order valence-corrected chi connectivity index (χ3v) is 3.94. The molecule has 0 aromatic carbocycles. The fourth-order valence-corrected chi connectivity index (χ4v) is 2.45. The van der Waals surface area contributed by atoms with Gasteiger partial charge in [-0.1, -0.05) is 16.9 Å². The van der Waals surface area contributed by atoms with Gasteiger partial charge in [-0.2, -0.15) is 0 Å². The van der Waals surface area contributed by atoms with Crippen molar-refractivity contribution in [3.8, 4) is 0 Å². The number of nitrogens with zero attached hydrogens (tertiary/aromatic N) is 3. The van der Waals surface area contributed by atoms with Gasteiger partial charge in [0.25, 0.3) is 0 Å². The highest BCUT2D eigenvalue weighted by Crippen LogP contribution is 2.38. The Hall–Kier alpha value is -1.83. The second kappa shape index (κ2) is 5.28. The van der Waals surface area contributed by atoms with E-state index in [-0.39, 0.29) is 11.2 Å². The molecule has 2 aromatic heterocycles. The summed E-state index contributed by atoms with van der Waals surface area (Å²) >= 11 is 1.32. The van der Waals surface area contributed by atoms with Gasteiger partial charge in [0.2, 0.25) is 11.1 Å². The maximum Gasteiger partial charge on any atom is 0.238 e. The highest BCUT2D eigenvalue weighted by molar-refractivity contribution is 8.00. The predicted molar refractivity (Wildman–Crippen MR) is 73.5 cm³/mol. The Labute approximate surface area is 119 Å². The van der Waals surface area contributed by atoms with Crippen LogP contribution >= 0.6 is 11.8 Å². The second-order valence-corrected chi connectivity index (χ2v) is 6.16. The topological polar surface area (TPSA) is 96.7 Å². The van der Waals surface area contributed by atoms with Gasteiger partial charge in [-0.25, -0.2) is 4.98 Å². The molecular weight excluding hydrogens is 278 g/mol. The molecule has 1 amide bonds. The van der Waals surface area contributed by atoms with E-state index in [9.17, 15) is 4.79 Å². The summed E-state index contributed by atoms with van der Waals surface area (Å²) in [5.41, 5.74) is 0. The van der Waals surface area contributed by atoms with Crippen molar-refractivity contribution in [2.24, 2.45) is 0 Å². The molecule has 0 saturated heterocycles. The number of anilines is 1. The number of amides is 1. The first kappa shape index (κ1) is 13.2. The SMILES string of the molecule is Cc1cc(NC(=O)C(C)Sc2n[nH]c(C3CC3)n2)no1. The van der Waals surface area contributed by atoms with Crippen LogP contribution in [0.15, 0.2) is 15.7 Å². The molecule has 1 fully saturated rings. The Kier molecular flexibility index (Phi) is 3.47. The number of carbonyl (C=O) groups is 1. The minimum Gasteiger partial charge on any atom is -0.360 e. The van der Waals surface area contributed by atoms with Crippen molar-refractivity contribution < 1.29 is 9.32 Å². The molecule has 2 N–H and O–H groups in total. The van der Waals surface area contributed by atoms with Gasteiger partial charge in [0.05, 0.1) is 5.25 Å². The van der Waals surface area contributed by atoms with E-state index in [1.807, 2.05) is 0 Å². The van der Waals surface area contributed by atoms with E-state index >= 15 is 0 Å². The van der Waals surface area contributed by atoms with Crippen molar-refractivity contribution in [2.75, 3.05) is 5.32 Å². The summed E-state index contributed by atoms with van der Waals surface area (Å²) in [4.78, 5) is 16.4. The summed E-state index contributed by atoms with van der Waals surface area (Å²) < 4.78 is 4.90. The molecule has 106 valence electrons. The minimum absolute atomic E-state index is 0.152. The predicted octanol–water partition coefficient (Wildman–Crippen LogP) is 2.10. The Morgan fingerprint density at radius 3 is 3.05 bits per heavy atom. The number of thioether (sulfide) groups is 1. The lowest BCUT2D eigenvalue weighted by Gasteiger charge is -2.07. The number of nitrogens with one attached hydrogen (secondary N) is 2. The van der Waals surface area contributed by atoms with Crippen LogP contribution in [-0.4, -0.2) is 31.5 Å². The van der Waals surface area contributed by atoms with E-state index in [1.54, 1.807) is 19.9 Å². The number of carbonyl (C=O) groups excluding carboxylic acids is 1. The molecule has 2 heterocycles. The third kappa shape index (κ3) is 3.01. The van der Waals surface area contributed by atoms with Crippen LogP contribution in [0.3, 0.4) is 0 Å². The summed E-state index contributed by atoms with van der Waals surface area (Å²) in [5, 5.41) is 13.8. The average molecular weight is 293 g/mol. The van der Waals surface area contributed by atoms with Gasteiger partial charge in [0.1, 0.15) is 11.6 Å². The number of hydrogen-bond acceptors (Lipinski definition) is 6. The van der Waals surface area contributed by atoms with Crippen LogP contribution in [-0.2, 0) is 4.79 Å². The fraction of sp³-hybridized carbons (Fsp3) is 0.500. The first-order valence-corrected chi connectivity index (χ1v) is 7.33. The maximum atomic E-state index is 12.0. The standard InChI is InChI=1S/C12H15N5O2S/c1-6-5-9(17-19-6)13-11(18)7(2)20-12-14-10(15-16-12)8-3-4-8/h5,7-8H,3-4H2,1-2H3,(H,13,17,18)(H,14,15,16). The molecule has 0 bridgehead atoms. The lowest BCUT2D eigenvalue weighted by molar-refractivity contribution is -0.115. The molecule has 1 aliphatic rings. The third-order valence-electron chi connectivity index (χ3n) is 2.98. The molecule has 1 aliphatic carbocycles. The zero-order valence-corrected chi connectivity index (χ0v) is 12.0. The normalized spacial score (nSPS) is 16.1. The molecule has 1 saturated carbocycles. The van der Waals surface area contributed by atoms with Gasteiger partial charge in [-0.05, 0) is 26.7 Å². The smallest absolute Gasteiger partial charge is 0.238 e. The van der Waals surface area contributed by atoms with Crippen molar-refractivity contribution in [1.29, 1.82) is 0 Å². The molecule has 3 rings (SSSR count). The lowest BCUT2D eigenvalue weighted by atomic mass is 10.4. The molecule has 1 unspecified atom stereocenters. The number of aryl methyl sites for hydroxylation is 1. The van der Waals surface area contributed by atoms with Crippen molar-refractivity contribution in [3.05, 3.63) is 17.7 Å². The average Bonchev–Trinajstić information content (AvgIpc) is 3.03. The van der Waals surface area contributed by atoms with Crippen LogP contribution in [0.25, 0.3) is 0 Å². The Morgan fingerprint density at radius 2 is 2.40 bits per heavy atom. The van der Waals surface area contributed by atoms with Crippen molar-refractivity contribution >= 4 is 23.5 Å². The molecule has 1 atom stereocenters. The molecule has 0 radical (unpaired) electrons. The Balaban J connectivity index is 1.57. The molecule has 8 heteroatoms. The van der Waals surface area contributed by atoms with Gasteiger partial charge in [0.15, 0.2) is 5.82 Å². The molecule has 2 aromatic rings. The van der Waals surface area contributed by atoms with E-state index in [1.165, 1.54) is 24.6 Å². The monoisotopic (exact) mass is 293 g/mol. The minimum atomic E-state index is -0.310. The summed E-state index contributed by atoms with van der Waals surface area (Å²) in [6, 6.07) is 1.67. The number of aromatic amines is 1. The Bertz CT molecular complexity index is 619. The molecule has 0 aliphatic heterocycles. The fourth-order valence-electron chi connectivity index (χ4n) is 1.71. The zero-order chi connectivity index (χ0) is 14.1. The largest absolute Gasteiger partial charge is 0.360 e. The maximum absolute atomic E-state index is 12.0. The number of rotatable bonds is 5. The summed E-state index contributed by atoms with van der Waals surface area (Å²) in [6.07, 6.45) is 2.34. The molecule has 0 spiro atoms. The number of aromatic nitrogens is 4. The van der Waals surface area contributed by atoms with Crippen molar-refractivity contribution in [3.63, 3.8) is 0 Å². The van der Waals surface area contributed by atoms with Crippen LogP contribution in [0.5, 0.6) is 0 Å². The summed E-state index contributed by atoms with van der Waals surface area (Å²) in [5.74, 6) is 2.38. The van der Waals surface area contributed by atoms with Gasteiger partial charge in [-0.15, -0.1) is 5.10 Å². The quantitative estimate of drug-likeness (QED) is 0.819. The van der Waals surface area contributed by atoms with Crippen LogP contribution in [0.2, 0.25) is 0 Å². The number of hydrogen-bond donors (Lipinski definition) is 2. The van der Waals surface area contributed by atoms with Crippen LogP contribution in [0, 0.1) is 6.92 Å². The van der Waals surface area contributed by atoms with Crippen molar-refractivity contribution in [1.82, 2.24) is 20.3 Å². The van der Waals surface area contributed by atoms with Gasteiger partial charge < -0.3 is 9.84 Å². The van der Waals surface area contributed by atoms with Gasteiger partial charge >= 0.3 is 0 Å². The van der Waals surface area contributed by atoms with E-state index in [2.05, 4.69) is 25.7 Å². The first-order chi connectivity index (χ1) is 9.61. The second-order valence-electron chi connectivity index (χ2n) is 4.85. The number of H-pyrrole nitrogens is 1. The van der Waals surface area contributed by atoms with Crippen LogP contribution in [0.1, 0.15) is 37.3 Å². The van der Waals surface area contributed by atoms with Crippen LogP contribution in [0.4, 0.5) is 5.82 Å². The zero-order valence-electron chi connectivity index (χ0n) is 11.2. The Morgan fingerprint density at radius 1 is 1.60 bits per heavy atom. The molecule has 7 nitrogen and oxygen atoms in total. The van der Waals surface area contributed by atoms with Gasteiger partial charge in [0, 0.05) is 12.0 Å². The van der Waals surface area contributed by atoms with E-state index in [4.69, 9.17) is 4.52 Å². The first-order valence-electron chi connectivity index (χ1n) is 6.45. The van der Waals surface area contributed by atoms with Gasteiger partial charge in [-0.3, -0.25) is 9.89 Å². The van der Waals surface area contributed by atoms with E-state index in [0.29, 0.717) is 22.7 Å². The highest BCUT2D eigenvalue weighted by Gasteiger charge is 2.28. The summed E-state index contributed by atoms with van der Waals surface area (Å²) in [7, 11) is 0. The summed E-state index contributed by atoms with van der Waals surface area (Å²) in [6.45, 7) is 3.58.